The molecular weight excluding hydrogens is 144 g/mol. The van der Waals surface area contributed by atoms with Crippen molar-refractivity contribution in [1.82, 2.24) is 5.43 Å². The zero-order valence-electron chi connectivity index (χ0n) is 6.41. The number of ether oxygens (including phenoxy) is 1. The molecule has 0 aliphatic carbocycles. The number of furan rings is 1. The van der Waals surface area contributed by atoms with E-state index in [-0.39, 0.29) is 6.04 Å². The summed E-state index contributed by atoms with van der Waals surface area (Å²) in [5.74, 6) is 6.05. The highest BCUT2D eigenvalue weighted by Gasteiger charge is 2.10. The number of hydrazine groups is 1. The summed E-state index contributed by atoms with van der Waals surface area (Å²) in [5, 5.41) is 0. The molecule has 1 atom stereocenters. The average Bonchev–Trinajstić information content (AvgIpc) is 2.52. The van der Waals surface area contributed by atoms with Gasteiger partial charge in [0.25, 0.3) is 0 Å². The molecule has 1 rings (SSSR count). The Labute approximate surface area is 65.3 Å². The van der Waals surface area contributed by atoms with Gasteiger partial charge in [0.2, 0.25) is 0 Å². The van der Waals surface area contributed by atoms with Gasteiger partial charge >= 0.3 is 0 Å². The van der Waals surface area contributed by atoms with Gasteiger partial charge in [-0.2, -0.15) is 0 Å². The topological polar surface area (TPSA) is 60.4 Å². The first-order chi connectivity index (χ1) is 5.38. The van der Waals surface area contributed by atoms with Crippen molar-refractivity contribution in [1.29, 1.82) is 0 Å². The Hall–Kier alpha value is -0.840. The second-order valence-corrected chi connectivity index (χ2v) is 2.19. The first kappa shape index (κ1) is 8.26. The Kier molecular flexibility index (Phi) is 3.10. The van der Waals surface area contributed by atoms with E-state index in [4.69, 9.17) is 15.0 Å². The van der Waals surface area contributed by atoms with E-state index >= 15 is 0 Å². The Morgan fingerprint density at radius 1 is 1.82 bits per heavy atom. The van der Waals surface area contributed by atoms with E-state index < -0.39 is 0 Å². The van der Waals surface area contributed by atoms with Gasteiger partial charge in [0, 0.05) is 7.11 Å². The van der Waals surface area contributed by atoms with Crippen LogP contribution in [-0.2, 0) is 4.74 Å². The maximum absolute atomic E-state index is 5.26. The van der Waals surface area contributed by atoms with Crippen LogP contribution in [-0.4, -0.2) is 13.7 Å². The van der Waals surface area contributed by atoms with E-state index in [9.17, 15) is 0 Å². The number of nitrogens with one attached hydrogen (secondary N) is 1. The maximum atomic E-state index is 5.26. The molecule has 0 bridgehead atoms. The molecule has 1 heterocycles. The smallest absolute Gasteiger partial charge is 0.124 e. The van der Waals surface area contributed by atoms with Crippen molar-refractivity contribution >= 4 is 0 Å². The van der Waals surface area contributed by atoms with Crippen LogP contribution < -0.4 is 11.3 Å². The Morgan fingerprint density at radius 2 is 2.64 bits per heavy atom. The molecule has 0 amide bonds. The number of rotatable bonds is 4. The number of hydrogen-bond acceptors (Lipinski definition) is 4. The second-order valence-electron chi connectivity index (χ2n) is 2.19. The Bertz CT molecular complexity index is 186. The van der Waals surface area contributed by atoms with E-state index in [1.54, 1.807) is 13.4 Å². The molecule has 4 heteroatoms. The fourth-order valence-corrected chi connectivity index (χ4v) is 0.869. The molecule has 0 aliphatic heterocycles. The fraction of sp³-hybridized carbons (Fsp3) is 0.429. The van der Waals surface area contributed by atoms with E-state index in [1.807, 2.05) is 12.1 Å². The standard InChI is InChI=1S/C7H12N2O2/c1-10-5-6(9-8)7-3-2-4-11-7/h2-4,6,9H,5,8H2,1H3. The van der Waals surface area contributed by atoms with Gasteiger partial charge in [0.05, 0.1) is 12.9 Å². The van der Waals surface area contributed by atoms with Crippen molar-refractivity contribution in [3.63, 3.8) is 0 Å². The molecule has 0 saturated heterocycles. The summed E-state index contributed by atoms with van der Waals surface area (Å²) < 4.78 is 10.0. The highest BCUT2D eigenvalue weighted by Crippen LogP contribution is 2.11. The summed E-state index contributed by atoms with van der Waals surface area (Å²) in [6.07, 6.45) is 1.61. The zero-order valence-corrected chi connectivity index (χ0v) is 6.41. The first-order valence-corrected chi connectivity index (χ1v) is 3.37. The third kappa shape index (κ3) is 2.04. The van der Waals surface area contributed by atoms with E-state index in [0.29, 0.717) is 6.61 Å². The van der Waals surface area contributed by atoms with Crippen molar-refractivity contribution in [3.8, 4) is 0 Å². The van der Waals surface area contributed by atoms with Gasteiger partial charge in [-0.1, -0.05) is 0 Å². The molecule has 0 saturated carbocycles. The maximum Gasteiger partial charge on any atom is 0.124 e. The van der Waals surface area contributed by atoms with Crippen LogP contribution in [0.1, 0.15) is 11.8 Å². The summed E-state index contributed by atoms with van der Waals surface area (Å²) in [7, 11) is 1.62. The molecule has 0 aromatic carbocycles. The second kappa shape index (κ2) is 4.12. The number of methoxy groups -OCH3 is 1. The largest absolute Gasteiger partial charge is 0.468 e. The van der Waals surface area contributed by atoms with Crippen molar-refractivity contribution in [3.05, 3.63) is 24.2 Å². The monoisotopic (exact) mass is 156 g/mol. The minimum absolute atomic E-state index is 0.0602. The van der Waals surface area contributed by atoms with E-state index in [0.717, 1.165) is 5.76 Å². The first-order valence-electron chi connectivity index (χ1n) is 3.37. The number of nitrogens with two attached hydrogens (primary N) is 1. The SMILES string of the molecule is COCC(NN)c1ccco1. The Balaban J connectivity index is 2.56. The van der Waals surface area contributed by atoms with Crippen LogP contribution in [0.2, 0.25) is 0 Å². The molecule has 0 radical (unpaired) electrons. The third-order valence-corrected chi connectivity index (χ3v) is 1.42. The quantitative estimate of drug-likeness (QED) is 0.490. The molecule has 1 aromatic rings. The fourth-order valence-electron chi connectivity index (χ4n) is 0.869. The van der Waals surface area contributed by atoms with Crippen molar-refractivity contribution in [2.24, 2.45) is 5.84 Å². The van der Waals surface area contributed by atoms with E-state index in [1.165, 1.54) is 0 Å². The summed E-state index contributed by atoms with van der Waals surface area (Å²) in [6.45, 7) is 0.504. The molecule has 0 fully saturated rings. The van der Waals surface area contributed by atoms with Gasteiger partial charge in [0.1, 0.15) is 11.8 Å². The lowest BCUT2D eigenvalue weighted by molar-refractivity contribution is 0.157. The van der Waals surface area contributed by atoms with Gasteiger partial charge in [-0.25, -0.2) is 5.43 Å². The highest BCUT2D eigenvalue weighted by atomic mass is 16.5. The average molecular weight is 156 g/mol. The summed E-state index contributed by atoms with van der Waals surface area (Å²) in [5.41, 5.74) is 2.59. The van der Waals surface area contributed by atoms with Gasteiger partial charge in [-0.05, 0) is 12.1 Å². The molecule has 1 aromatic heterocycles. The summed E-state index contributed by atoms with van der Waals surface area (Å²) in [6, 6.07) is 3.61. The van der Waals surface area contributed by atoms with Gasteiger partial charge < -0.3 is 9.15 Å². The zero-order chi connectivity index (χ0) is 8.10. The lowest BCUT2D eigenvalue weighted by atomic mass is 10.2. The van der Waals surface area contributed by atoms with Crippen LogP contribution in [0.25, 0.3) is 0 Å². The molecule has 62 valence electrons. The van der Waals surface area contributed by atoms with E-state index in [2.05, 4.69) is 5.43 Å². The van der Waals surface area contributed by atoms with Crippen LogP contribution in [0.5, 0.6) is 0 Å². The lowest BCUT2D eigenvalue weighted by Crippen LogP contribution is -2.30. The van der Waals surface area contributed by atoms with Crippen LogP contribution in [0.4, 0.5) is 0 Å². The van der Waals surface area contributed by atoms with Crippen LogP contribution in [0.15, 0.2) is 22.8 Å². The predicted octanol–water partition coefficient (Wildman–Crippen LogP) is 0.430. The third-order valence-electron chi connectivity index (χ3n) is 1.42. The minimum Gasteiger partial charge on any atom is -0.468 e. The molecule has 1 unspecified atom stereocenters. The van der Waals surface area contributed by atoms with Gasteiger partial charge in [-0.3, -0.25) is 5.84 Å². The summed E-state index contributed by atoms with van der Waals surface area (Å²) >= 11 is 0. The van der Waals surface area contributed by atoms with Crippen molar-refractivity contribution in [2.75, 3.05) is 13.7 Å². The van der Waals surface area contributed by atoms with Crippen LogP contribution in [0.3, 0.4) is 0 Å². The van der Waals surface area contributed by atoms with Gasteiger partial charge in [-0.15, -0.1) is 0 Å². The molecule has 4 nitrogen and oxygen atoms in total. The number of hydrogen-bond donors (Lipinski definition) is 2. The van der Waals surface area contributed by atoms with Crippen molar-refractivity contribution in [2.45, 2.75) is 6.04 Å². The molecular formula is C7H12N2O2. The summed E-state index contributed by atoms with van der Waals surface area (Å²) in [4.78, 5) is 0. The molecule has 11 heavy (non-hydrogen) atoms. The van der Waals surface area contributed by atoms with Crippen LogP contribution >= 0.6 is 0 Å². The highest BCUT2D eigenvalue weighted by molar-refractivity contribution is 5.03. The Morgan fingerprint density at radius 3 is 3.09 bits per heavy atom. The van der Waals surface area contributed by atoms with Crippen molar-refractivity contribution < 1.29 is 9.15 Å². The molecule has 3 N–H and O–H groups in total. The predicted molar refractivity (Wildman–Crippen MR) is 40.6 cm³/mol. The minimum atomic E-state index is -0.0602. The molecule has 0 spiro atoms. The molecule has 0 aliphatic rings. The normalized spacial score (nSPS) is 13.3. The lowest BCUT2D eigenvalue weighted by Gasteiger charge is -2.10. The van der Waals surface area contributed by atoms with Crippen LogP contribution in [0, 0.1) is 0 Å². The van der Waals surface area contributed by atoms with Gasteiger partial charge in [0.15, 0.2) is 0 Å².